The molecule has 0 aliphatic rings. The lowest BCUT2D eigenvalue weighted by molar-refractivity contribution is 0.424. The van der Waals surface area contributed by atoms with Gasteiger partial charge < -0.3 is 5.73 Å². The average molecular weight is 292 g/mol. The molecule has 1 aromatic heterocycles. The molecule has 3 nitrogen and oxygen atoms in total. The van der Waals surface area contributed by atoms with Gasteiger partial charge in [0.05, 0.1) is 11.7 Å². The van der Waals surface area contributed by atoms with Gasteiger partial charge in [0, 0.05) is 23.7 Å². The Kier molecular flexibility index (Phi) is 5.21. The Labute approximate surface area is 125 Å². The molecular formula is C16H22ClN3. The van der Waals surface area contributed by atoms with Gasteiger partial charge in [0.1, 0.15) is 0 Å². The van der Waals surface area contributed by atoms with Crippen LogP contribution in [0.3, 0.4) is 0 Å². The van der Waals surface area contributed by atoms with E-state index in [1.54, 1.807) is 0 Å². The first-order valence-electron chi connectivity index (χ1n) is 7.19. The number of aromatic nitrogens is 2. The molecule has 108 valence electrons. The Morgan fingerprint density at radius 3 is 2.55 bits per heavy atom. The highest BCUT2D eigenvalue weighted by Crippen LogP contribution is 2.24. The third-order valence-corrected chi connectivity index (χ3v) is 4.06. The Hall–Kier alpha value is -1.32. The minimum atomic E-state index is -0.117. The number of nitrogens with zero attached hydrogens (tertiary/aromatic N) is 2. The van der Waals surface area contributed by atoms with E-state index in [2.05, 4.69) is 29.7 Å². The normalized spacial score (nSPS) is 12.8. The lowest BCUT2D eigenvalue weighted by Gasteiger charge is -2.14. The fourth-order valence-electron chi connectivity index (χ4n) is 2.46. The molecule has 4 heteroatoms. The first kappa shape index (κ1) is 15.1. The van der Waals surface area contributed by atoms with Gasteiger partial charge in [-0.05, 0) is 30.5 Å². The molecule has 0 aliphatic carbocycles. The van der Waals surface area contributed by atoms with E-state index < -0.39 is 0 Å². The topological polar surface area (TPSA) is 43.8 Å². The van der Waals surface area contributed by atoms with Gasteiger partial charge in [-0.1, -0.05) is 43.6 Å². The Morgan fingerprint density at radius 1 is 1.20 bits per heavy atom. The van der Waals surface area contributed by atoms with E-state index in [0.717, 1.165) is 29.1 Å². The monoisotopic (exact) mass is 291 g/mol. The second-order valence-electron chi connectivity index (χ2n) is 5.09. The van der Waals surface area contributed by atoms with Crippen molar-refractivity contribution >= 4 is 11.6 Å². The molecule has 0 amide bonds. The smallest absolute Gasteiger partial charge is 0.0643 e. The zero-order chi connectivity index (χ0) is 14.5. The van der Waals surface area contributed by atoms with Crippen LogP contribution < -0.4 is 5.73 Å². The molecule has 0 saturated heterocycles. The van der Waals surface area contributed by atoms with Crippen LogP contribution in [0, 0.1) is 0 Å². The molecule has 1 aromatic carbocycles. The molecular weight excluding hydrogens is 270 g/mol. The predicted molar refractivity (Wildman–Crippen MR) is 83.9 cm³/mol. The van der Waals surface area contributed by atoms with Crippen molar-refractivity contribution in [2.24, 2.45) is 5.73 Å². The second kappa shape index (κ2) is 6.91. The van der Waals surface area contributed by atoms with Crippen LogP contribution in [-0.2, 0) is 6.42 Å². The highest BCUT2D eigenvalue weighted by Gasteiger charge is 2.13. The van der Waals surface area contributed by atoms with Crippen molar-refractivity contribution in [3.05, 3.63) is 52.8 Å². The molecule has 2 rings (SSSR count). The maximum Gasteiger partial charge on any atom is 0.0643 e. The van der Waals surface area contributed by atoms with Crippen LogP contribution >= 0.6 is 11.6 Å². The average Bonchev–Trinajstić information content (AvgIpc) is 2.89. The summed E-state index contributed by atoms with van der Waals surface area (Å²) in [6.45, 7) is 4.37. The molecule has 0 spiro atoms. The van der Waals surface area contributed by atoms with Crippen molar-refractivity contribution in [2.75, 3.05) is 0 Å². The van der Waals surface area contributed by atoms with Crippen LogP contribution in [0.25, 0.3) is 0 Å². The van der Waals surface area contributed by atoms with Gasteiger partial charge in [-0.15, -0.1) is 0 Å². The van der Waals surface area contributed by atoms with E-state index in [4.69, 9.17) is 17.3 Å². The van der Waals surface area contributed by atoms with E-state index in [0.29, 0.717) is 12.5 Å². The quantitative estimate of drug-likeness (QED) is 0.869. The zero-order valence-electron chi connectivity index (χ0n) is 12.1. The van der Waals surface area contributed by atoms with E-state index >= 15 is 0 Å². The lowest BCUT2D eigenvalue weighted by atomic mass is 10.0. The van der Waals surface area contributed by atoms with Crippen LogP contribution in [0.15, 0.2) is 36.5 Å². The summed E-state index contributed by atoms with van der Waals surface area (Å²) >= 11 is 6.18. The SMILES string of the molecule is CCC(CC)n1ccc(CC(N)c2ccccc2Cl)n1. The van der Waals surface area contributed by atoms with Crippen LogP contribution in [0.2, 0.25) is 5.02 Å². The van der Waals surface area contributed by atoms with E-state index in [-0.39, 0.29) is 6.04 Å². The summed E-state index contributed by atoms with van der Waals surface area (Å²) in [5, 5.41) is 5.36. The lowest BCUT2D eigenvalue weighted by Crippen LogP contribution is -2.15. The summed E-state index contributed by atoms with van der Waals surface area (Å²) in [6.07, 6.45) is 4.94. The van der Waals surface area contributed by atoms with Crippen molar-refractivity contribution in [2.45, 2.75) is 45.2 Å². The van der Waals surface area contributed by atoms with Crippen LogP contribution in [0.5, 0.6) is 0 Å². The van der Waals surface area contributed by atoms with Crippen LogP contribution in [-0.4, -0.2) is 9.78 Å². The number of rotatable bonds is 6. The number of halogens is 1. The Bertz CT molecular complexity index is 546. The third kappa shape index (κ3) is 3.41. The zero-order valence-corrected chi connectivity index (χ0v) is 12.8. The second-order valence-corrected chi connectivity index (χ2v) is 5.50. The van der Waals surface area contributed by atoms with Crippen molar-refractivity contribution in [3.63, 3.8) is 0 Å². The molecule has 0 aliphatic heterocycles. The van der Waals surface area contributed by atoms with Crippen LogP contribution in [0.1, 0.15) is 50.0 Å². The van der Waals surface area contributed by atoms with Gasteiger partial charge in [0.15, 0.2) is 0 Å². The first-order chi connectivity index (χ1) is 9.65. The summed E-state index contributed by atoms with van der Waals surface area (Å²) in [5.74, 6) is 0. The van der Waals surface area contributed by atoms with Gasteiger partial charge in [-0.3, -0.25) is 4.68 Å². The summed E-state index contributed by atoms with van der Waals surface area (Å²) in [7, 11) is 0. The Morgan fingerprint density at radius 2 is 1.90 bits per heavy atom. The van der Waals surface area contributed by atoms with Crippen molar-refractivity contribution in [1.29, 1.82) is 0 Å². The van der Waals surface area contributed by atoms with Gasteiger partial charge in [0.2, 0.25) is 0 Å². The standard InChI is InChI=1S/C16H22ClN3/c1-3-13(4-2)20-10-9-12(19-20)11-16(18)14-7-5-6-8-15(14)17/h5-10,13,16H,3-4,11,18H2,1-2H3. The van der Waals surface area contributed by atoms with E-state index in [1.165, 1.54) is 0 Å². The molecule has 0 saturated carbocycles. The highest BCUT2D eigenvalue weighted by molar-refractivity contribution is 6.31. The van der Waals surface area contributed by atoms with Crippen molar-refractivity contribution < 1.29 is 0 Å². The fraction of sp³-hybridized carbons (Fsp3) is 0.438. The van der Waals surface area contributed by atoms with E-state index in [9.17, 15) is 0 Å². The predicted octanol–water partition coefficient (Wildman–Crippen LogP) is 4.14. The van der Waals surface area contributed by atoms with Gasteiger partial charge in [-0.25, -0.2) is 0 Å². The molecule has 0 bridgehead atoms. The van der Waals surface area contributed by atoms with Gasteiger partial charge in [-0.2, -0.15) is 5.10 Å². The van der Waals surface area contributed by atoms with Gasteiger partial charge >= 0.3 is 0 Å². The maximum absolute atomic E-state index is 6.24. The molecule has 1 heterocycles. The number of hydrogen-bond acceptors (Lipinski definition) is 2. The van der Waals surface area contributed by atoms with Gasteiger partial charge in [0.25, 0.3) is 0 Å². The molecule has 1 unspecified atom stereocenters. The molecule has 2 N–H and O–H groups in total. The highest BCUT2D eigenvalue weighted by atomic mass is 35.5. The molecule has 0 radical (unpaired) electrons. The minimum absolute atomic E-state index is 0.117. The number of nitrogens with two attached hydrogens (primary N) is 1. The number of benzene rings is 1. The molecule has 2 aromatic rings. The van der Waals surface area contributed by atoms with Crippen molar-refractivity contribution in [1.82, 2.24) is 9.78 Å². The third-order valence-electron chi connectivity index (χ3n) is 3.71. The molecule has 20 heavy (non-hydrogen) atoms. The number of hydrogen-bond donors (Lipinski definition) is 1. The Balaban J connectivity index is 2.09. The largest absolute Gasteiger partial charge is 0.324 e. The molecule has 0 fully saturated rings. The molecule has 1 atom stereocenters. The summed E-state index contributed by atoms with van der Waals surface area (Å²) < 4.78 is 2.05. The van der Waals surface area contributed by atoms with Crippen molar-refractivity contribution in [3.8, 4) is 0 Å². The fourth-order valence-corrected chi connectivity index (χ4v) is 2.74. The first-order valence-corrected chi connectivity index (χ1v) is 7.57. The van der Waals surface area contributed by atoms with E-state index in [1.807, 2.05) is 30.5 Å². The summed E-state index contributed by atoms with van der Waals surface area (Å²) in [4.78, 5) is 0. The van der Waals surface area contributed by atoms with Crippen LogP contribution in [0.4, 0.5) is 0 Å². The minimum Gasteiger partial charge on any atom is -0.324 e. The maximum atomic E-state index is 6.24. The summed E-state index contributed by atoms with van der Waals surface area (Å²) in [5.41, 5.74) is 8.24. The summed E-state index contributed by atoms with van der Waals surface area (Å²) in [6, 6.07) is 10.1.